The fourth-order valence-corrected chi connectivity index (χ4v) is 1.50. The van der Waals surface area contributed by atoms with Crippen molar-refractivity contribution in [1.29, 1.82) is 0 Å². The van der Waals surface area contributed by atoms with Crippen molar-refractivity contribution in [3.8, 4) is 0 Å². The summed E-state index contributed by atoms with van der Waals surface area (Å²) >= 11 is 0. The van der Waals surface area contributed by atoms with Crippen LogP contribution in [0.5, 0.6) is 0 Å². The number of carbonyl (C=O) groups is 2. The first-order chi connectivity index (χ1) is 8.35. The van der Waals surface area contributed by atoms with Gasteiger partial charge in [0, 0.05) is 6.20 Å². The highest BCUT2D eigenvalue weighted by Gasteiger charge is 2.21. The highest BCUT2D eigenvalue weighted by molar-refractivity contribution is 6.00. The Morgan fingerprint density at radius 3 is 2.83 bits per heavy atom. The van der Waals surface area contributed by atoms with Crippen LogP contribution >= 0.6 is 0 Å². The van der Waals surface area contributed by atoms with E-state index in [9.17, 15) is 9.59 Å². The van der Waals surface area contributed by atoms with Crippen LogP contribution in [0.3, 0.4) is 0 Å². The molecule has 1 aromatic heterocycles. The Kier molecular flexibility index (Phi) is 2.94. The Morgan fingerprint density at radius 1 is 1.44 bits per heavy atom. The van der Waals surface area contributed by atoms with Crippen molar-refractivity contribution in [3.05, 3.63) is 17.8 Å². The number of nitrogens with zero attached hydrogens (tertiary/aromatic N) is 1. The van der Waals surface area contributed by atoms with E-state index >= 15 is 0 Å². The number of amides is 1. The van der Waals surface area contributed by atoms with E-state index < -0.39 is 11.6 Å². The molecule has 1 aliphatic heterocycles. The van der Waals surface area contributed by atoms with Crippen LogP contribution in [0.15, 0.2) is 12.3 Å². The van der Waals surface area contributed by atoms with Gasteiger partial charge in [-0.2, -0.15) is 0 Å². The average Bonchev–Trinajstić information content (AvgIpc) is 2.26. The summed E-state index contributed by atoms with van der Waals surface area (Å²) in [4.78, 5) is 27.0. The predicted octanol–water partition coefficient (Wildman–Crippen LogP) is 1.40. The Balaban J connectivity index is 2.21. The van der Waals surface area contributed by atoms with Gasteiger partial charge in [-0.05, 0) is 26.8 Å². The van der Waals surface area contributed by atoms with Crippen LogP contribution in [0.25, 0.3) is 0 Å². The highest BCUT2D eigenvalue weighted by Crippen LogP contribution is 2.23. The van der Waals surface area contributed by atoms with Gasteiger partial charge in [0.25, 0.3) is 0 Å². The largest absolute Gasteiger partial charge is 0.456 e. The number of carbonyl (C=O) groups excluding carboxylic acids is 2. The molecule has 0 saturated heterocycles. The second kappa shape index (κ2) is 4.29. The zero-order chi connectivity index (χ0) is 13.3. The molecule has 0 spiro atoms. The molecule has 0 fully saturated rings. The summed E-state index contributed by atoms with van der Waals surface area (Å²) in [5.74, 6) is -0.157. The monoisotopic (exact) mass is 249 g/mol. The van der Waals surface area contributed by atoms with E-state index in [0.29, 0.717) is 17.1 Å². The molecule has 0 bridgehead atoms. The smallest absolute Gasteiger partial charge is 0.340 e. The van der Waals surface area contributed by atoms with Crippen LogP contribution in [0.1, 0.15) is 31.1 Å². The van der Waals surface area contributed by atoms with Gasteiger partial charge < -0.3 is 15.4 Å². The maximum Gasteiger partial charge on any atom is 0.340 e. The standard InChI is InChI=1S/C12H15N3O3/c1-12(2,3)18-11(17)7-4-8-10(14-5-7)15-9(16)6-13-8/h4-5,13H,6H2,1-3H3,(H,14,15,16). The SMILES string of the molecule is CC(C)(C)OC(=O)c1cnc2c(c1)NCC(=O)N2. The Labute approximate surface area is 105 Å². The maximum absolute atomic E-state index is 11.8. The molecule has 18 heavy (non-hydrogen) atoms. The van der Waals surface area contributed by atoms with Gasteiger partial charge in [0.1, 0.15) is 5.60 Å². The number of aromatic nitrogens is 1. The molecule has 0 aromatic carbocycles. The van der Waals surface area contributed by atoms with E-state index in [1.54, 1.807) is 26.8 Å². The zero-order valence-electron chi connectivity index (χ0n) is 10.5. The Bertz CT molecular complexity index is 506. The maximum atomic E-state index is 11.8. The number of hydrogen-bond donors (Lipinski definition) is 2. The Morgan fingerprint density at radius 2 is 2.17 bits per heavy atom. The van der Waals surface area contributed by atoms with Gasteiger partial charge in [-0.3, -0.25) is 4.79 Å². The summed E-state index contributed by atoms with van der Waals surface area (Å²) in [6, 6.07) is 1.62. The number of fused-ring (bicyclic) bond motifs is 1. The van der Waals surface area contributed by atoms with E-state index in [1.165, 1.54) is 6.20 Å². The van der Waals surface area contributed by atoms with Crippen LogP contribution in [0.4, 0.5) is 11.5 Å². The molecule has 1 aromatic rings. The third kappa shape index (κ3) is 2.77. The first-order valence-electron chi connectivity index (χ1n) is 5.62. The van der Waals surface area contributed by atoms with Crippen molar-refractivity contribution >= 4 is 23.4 Å². The zero-order valence-corrected chi connectivity index (χ0v) is 10.5. The van der Waals surface area contributed by atoms with Gasteiger partial charge in [0.15, 0.2) is 5.82 Å². The lowest BCUT2D eigenvalue weighted by atomic mass is 10.2. The van der Waals surface area contributed by atoms with Crippen molar-refractivity contribution < 1.29 is 14.3 Å². The fourth-order valence-electron chi connectivity index (χ4n) is 1.50. The molecule has 96 valence electrons. The lowest BCUT2D eigenvalue weighted by molar-refractivity contribution is -0.114. The number of pyridine rings is 1. The average molecular weight is 249 g/mol. The van der Waals surface area contributed by atoms with Crippen molar-refractivity contribution in [2.75, 3.05) is 17.2 Å². The molecule has 0 radical (unpaired) electrons. The minimum absolute atomic E-state index is 0.153. The number of anilines is 2. The summed E-state index contributed by atoms with van der Waals surface area (Å²) in [7, 11) is 0. The molecule has 0 atom stereocenters. The number of ether oxygens (including phenoxy) is 1. The van der Waals surface area contributed by atoms with E-state index in [0.717, 1.165) is 0 Å². The summed E-state index contributed by atoms with van der Waals surface area (Å²) in [6.07, 6.45) is 1.39. The number of esters is 1. The lowest BCUT2D eigenvalue weighted by Gasteiger charge is -2.21. The van der Waals surface area contributed by atoms with Crippen LogP contribution in [0.2, 0.25) is 0 Å². The molecule has 2 heterocycles. The van der Waals surface area contributed by atoms with Gasteiger partial charge in [-0.15, -0.1) is 0 Å². The first-order valence-corrected chi connectivity index (χ1v) is 5.62. The van der Waals surface area contributed by atoms with Crippen molar-refractivity contribution in [3.63, 3.8) is 0 Å². The van der Waals surface area contributed by atoms with E-state index in [4.69, 9.17) is 4.74 Å². The topological polar surface area (TPSA) is 80.3 Å². The molecule has 6 nitrogen and oxygen atoms in total. The molecule has 1 aliphatic rings. The third-order valence-electron chi connectivity index (χ3n) is 2.22. The molecule has 0 aliphatic carbocycles. The molecule has 1 amide bonds. The molecule has 0 saturated carbocycles. The number of hydrogen-bond acceptors (Lipinski definition) is 5. The second-order valence-corrected chi connectivity index (χ2v) is 5.02. The van der Waals surface area contributed by atoms with E-state index in [1.807, 2.05) is 0 Å². The van der Waals surface area contributed by atoms with Crippen LogP contribution in [-0.4, -0.2) is 29.0 Å². The summed E-state index contributed by atoms with van der Waals surface area (Å²) in [5.41, 5.74) is 0.430. The summed E-state index contributed by atoms with van der Waals surface area (Å²) in [6.45, 7) is 5.58. The molecular weight excluding hydrogens is 234 g/mol. The van der Waals surface area contributed by atoms with E-state index in [2.05, 4.69) is 15.6 Å². The van der Waals surface area contributed by atoms with Crippen molar-refractivity contribution in [2.45, 2.75) is 26.4 Å². The van der Waals surface area contributed by atoms with Gasteiger partial charge in [0.05, 0.1) is 17.8 Å². The number of nitrogens with one attached hydrogen (secondary N) is 2. The van der Waals surface area contributed by atoms with Gasteiger partial charge in [-0.25, -0.2) is 9.78 Å². The molecule has 0 unspecified atom stereocenters. The normalized spacial score (nSPS) is 14.3. The minimum Gasteiger partial charge on any atom is -0.456 e. The number of rotatable bonds is 1. The molecular formula is C12H15N3O3. The Hall–Kier alpha value is -2.11. The molecule has 6 heteroatoms. The third-order valence-corrected chi connectivity index (χ3v) is 2.22. The van der Waals surface area contributed by atoms with Gasteiger partial charge >= 0.3 is 5.97 Å². The van der Waals surface area contributed by atoms with Gasteiger partial charge in [-0.1, -0.05) is 0 Å². The molecule has 2 rings (SSSR count). The quantitative estimate of drug-likeness (QED) is 0.735. The first kappa shape index (κ1) is 12.3. The van der Waals surface area contributed by atoms with Crippen molar-refractivity contribution in [2.24, 2.45) is 0 Å². The predicted molar refractivity (Wildman–Crippen MR) is 66.5 cm³/mol. The minimum atomic E-state index is -0.547. The second-order valence-electron chi connectivity index (χ2n) is 5.02. The fraction of sp³-hybridized carbons (Fsp3) is 0.417. The van der Waals surface area contributed by atoms with E-state index in [-0.39, 0.29) is 12.5 Å². The summed E-state index contributed by atoms with van der Waals surface area (Å²) in [5, 5.41) is 5.50. The van der Waals surface area contributed by atoms with Crippen LogP contribution in [0, 0.1) is 0 Å². The lowest BCUT2D eigenvalue weighted by Crippen LogP contribution is -2.29. The van der Waals surface area contributed by atoms with Crippen LogP contribution in [-0.2, 0) is 9.53 Å². The van der Waals surface area contributed by atoms with Crippen LogP contribution < -0.4 is 10.6 Å². The molecule has 2 N–H and O–H groups in total. The van der Waals surface area contributed by atoms with Gasteiger partial charge in [0.2, 0.25) is 5.91 Å². The highest BCUT2D eigenvalue weighted by atomic mass is 16.6. The van der Waals surface area contributed by atoms with Crippen molar-refractivity contribution in [1.82, 2.24) is 4.98 Å². The summed E-state index contributed by atoms with van der Waals surface area (Å²) < 4.78 is 5.24.